The number of hydrogen-bond donors (Lipinski definition) is 1. The number of carbonyl (C=O) groups is 1. The van der Waals surface area contributed by atoms with E-state index in [0.29, 0.717) is 22.2 Å². The van der Waals surface area contributed by atoms with Crippen LogP contribution in [0.15, 0.2) is 70.1 Å². The average Bonchev–Trinajstić information content (AvgIpc) is 3.46. The van der Waals surface area contributed by atoms with Gasteiger partial charge >= 0.3 is 6.18 Å². The molecule has 0 aliphatic carbocycles. The lowest BCUT2D eigenvalue weighted by Crippen LogP contribution is -2.27. The number of carbonyl (C=O) groups excluding carboxylic acids is 1. The second-order valence-corrected chi connectivity index (χ2v) is 7.74. The van der Waals surface area contributed by atoms with Crippen LogP contribution in [0.2, 0.25) is 0 Å². The molecule has 12 heteroatoms. The first-order chi connectivity index (χ1) is 16.8. The van der Waals surface area contributed by atoms with Crippen LogP contribution in [0.3, 0.4) is 0 Å². The molecule has 0 saturated heterocycles. The number of alkyl halides is 3. The molecule has 0 aliphatic rings. The van der Waals surface area contributed by atoms with E-state index >= 15 is 0 Å². The molecule has 35 heavy (non-hydrogen) atoms. The molecule has 2 aromatic carbocycles. The largest absolute Gasteiger partial charge is 0.467 e. The molecule has 0 saturated carbocycles. The number of aromatic nitrogens is 5. The van der Waals surface area contributed by atoms with E-state index in [1.165, 1.54) is 12.3 Å². The molecular weight excluding hydrogens is 465 g/mol. The van der Waals surface area contributed by atoms with Gasteiger partial charge in [-0.1, -0.05) is 17.3 Å². The van der Waals surface area contributed by atoms with E-state index in [1.54, 1.807) is 41.0 Å². The Bertz CT molecular complexity index is 1590. The lowest BCUT2D eigenvalue weighted by Gasteiger charge is -2.10. The summed E-state index contributed by atoms with van der Waals surface area (Å²) >= 11 is 0. The van der Waals surface area contributed by atoms with Crippen molar-refractivity contribution in [3.63, 3.8) is 0 Å². The number of nitrogens with one attached hydrogen (secondary N) is 1. The van der Waals surface area contributed by atoms with Crippen LogP contribution in [0.1, 0.15) is 17.7 Å². The quantitative estimate of drug-likeness (QED) is 0.394. The molecule has 0 aliphatic heterocycles. The van der Waals surface area contributed by atoms with Crippen molar-refractivity contribution in [3.05, 3.63) is 82.5 Å². The Hall–Kier alpha value is -4.48. The normalized spacial score (nSPS) is 11.9. The summed E-state index contributed by atoms with van der Waals surface area (Å²) in [7, 11) is 0. The molecule has 0 bridgehead atoms. The predicted octanol–water partition coefficient (Wildman–Crippen LogP) is 3.83. The molecule has 0 fully saturated rings. The van der Waals surface area contributed by atoms with Gasteiger partial charge in [0.25, 0.3) is 5.56 Å². The van der Waals surface area contributed by atoms with Gasteiger partial charge in [0.2, 0.25) is 11.9 Å². The zero-order valence-electron chi connectivity index (χ0n) is 18.0. The van der Waals surface area contributed by atoms with Crippen molar-refractivity contribution in [3.8, 4) is 0 Å². The molecule has 5 aromatic rings. The second kappa shape index (κ2) is 8.70. The Morgan fingerprint density at radius 3 is 2.66 bits per heavy atom. The molecule has 9 nitrogen and oxygen atoms in total. The highest BCUT2D eigenvalue weighted by atomic mass is 19.4. The van der Waals surface area contributed by atoms with Gasteiger partial charge in [-0.25, -0.2) is 9.67 Å². The van der Waals surface area contributed by atoms with Crippen LogP contribution in [-0.4, -0.2) is 30.5 Å². The zero-order chi connectivity index (χ0) is 24.6. The number of rotatable bonds is 6. The maximum Gasteiger partial charge on any atom is 0.416 e. The number of fused-ring (bicyclic) bond motifs is 2. The first-order valence-electron chi connectivity index (χ1n) is 10.5. The molecule has 0 radical (unpaired) electrons. The third-order valence-corrected chi connectivity index (χ3v) is 5.40. The van der Waals surface area contributed by atoms with Crippen LogP contribution in [-0.2, 0) is 24.1 Å². The van der Waals surface area contributed by atoms with Crippen LogP contribution in [0.4, 0.5) is 19.1 Å². The Labute approximate surface area is 194 Å². The van der Waals surface area contributed by atoms with Gasteiger partial charge < -0.3 is 8.98 Å². The summed E-state index contributed by atoms with van der Waals surface area (Å²) in [5.74, 6) is 0.0780. The topological polar surface area (TPSA) is 108 Å². The van der Waals surface area contributed by atoms with Crippen LogP contribution >= 0.6 is 0 Å². The average molecular weight is 482 g/mol. The summed E-state index contributed by atoms with van der Waals surface area (Å²) in [6.07, 6.45) is -3.20. The summed E-state index contributed by atoms with van der Waals surface area (Å²) in [6, 6.07) is 13.3. The fourth-order valence-electron chi connectivity index (χ4n) is 3.68. The van der Waals surface area contributed by atoms with Gasteiger partial charge in [-0.2, -0.15) is 13.2 Å². The van der Waals surface area contributed by atoms with E-state index in [4.69, 9.17) is 4.42 Å². The fraction of sp³-hybridized carbons (Fsp3) is 0.174. The highest BCUT2D eigenvalue weighted by Crippen LogP contribution is 2.32. The van der Waals surface area contributed by atoms with E-state index in [9.17, 15) is 22.8 Å². The number of halogens is 3. The molecule has 3 heterocycles. The molecule has 1 amide bonds. The highest BCUT2D eigenvalue weighted by Gasteiger charge is 2.31. The summed E-state index contributed by atoms with van der Waals surface area (Å²) in [5, 5.41) is 10.8. The van der Waals surface area contributed by atoms with E-state index < -0.39 is 17.6 Å². The number of aryl methyl sites for hydroxylation is 1. The Kier molecular flexibility index (Phi) is 5.55. The fourth-order valence-corrected chi connectivity index (χ4v) is 3.68. The van der Waals surface area contributed by atoms with Crippen molar-refractivity contribution < 1.29 is 22.4 Å². The molecule has 3 aromatic heterocycles. The Morgan fingerprint density at radius 1 is 1.06 bits per heavy atom. The maximum absolute atomic E-state index is 13.2. The first kappa shape index (κ1) is 22.3. The van der Waals surface area contributed by atoms with Crippen molar-refractivity contribution in [1.82, 2.24) is 24.5 Å². The van der Waals surface area contributed by atoms with Gasteiger partial charge in [0.1, 0.15) is 11.3 Å². The molecular formula is C23H17F3N6O3. The minimum absolute atomic E-state index is 0.0425. The molecule has 0 atom stereocenters. The maximum atomic E-state index is 13.2. The number of benzene rings is 2. The second-order valence-electron chi connectivity index (χ2n) is 7.74. The van der Waals surface area contributed by atoms with Gasteiger partial charge in [-0.05, 0) is 42.5 Å². The zero-order valence-corrected chi connectivity index (χ0v) is 18.0. The molecule has 0 spiro atoms. The number of imidazole rings is 1. The van der Waals surface area contributed by atoms with Crippen molar-refractivity contribution in [2.45, 2.75) is 25.7 Å². The van der Waals surface area contributed by atoms with Crippen LogP contribution < -0.4 is 10.9 Å². The molecule has 0 unspecified atom stereocenters. The minimum atomic E-state index is -4.53. The number of nitrogens with zero attached hydrogens (tertiary/aromatic N) is 5. The first-order valence-corrected chi connectivity index (χ1v) is 10.5. The summed E-state index contributed by atoms with van der Waals surface area (Å²) in [6.45, 7) is 0.0964. The predicted molar refractivity (Wildman–Crippen MR) is 120 cm³/mol. The Morgan fingerprint density at radius 2 is 1.89 bits per heavy atom. The number of hydrogen-bond acceptors (Lipinski definition) is 6. The third kappa shape index (κ3) is 4.50. The minimum Gasteiger partial charge on any atom is -0.467 e. The highest BCUT2D eigenvalue weighted by molar-refractivity contribution is 5.91. The number of furan rings is 1. The summed E-state index contributed by atoms with van der Waals surface area (Å²) in [5.41, 5.74) is -0.324. The number of amides is 1. The van der Waals surface area contributed by atoms with Crippen LogP contribution in [0, 0.1) is 0 Å². The van der Waals surface area contributed by atoms with E-state index in [0.717, 1.165) is 16.8 Å². The molecule has 5 rings (SSSR count). The van der Waals surface area contributed by atoms with Crippen molar-refractivity contribution in [2.24, 2.45) is 0 Å². The van der Waals surface area contributed by atoms with Gasteiger partial charge in [-0.3, -0.25) is 14.9 Å². The van der Waals surface area contributed by atoms with Crippen LogP contribution in [0.5, 0.6) is 0 Å². The third-order valence-electron chi connectivity index (χ3n) is 5.40. The SMILES string of the molecule is O=C(CCn1nnc2ccccc2c1=O)Nc1nc2cc(C(F)(F)F)ccc2n1Cc1ccco1. The number of anilines is 1. The lowest BCUT2D eigenvalue weighted by molar-refractivity contribution is -0.137. The molecule has 1 N–H and O–H groups in total. The monoisotopic (exact) mass is 482 g/mol. The Balaban J connectivity index is 1.40. The molecule has 178 valence electrons. The van der Waals surface area contributed by atoms with Gasteiger partial charge in [0.15, 0.2) is 0 Å². The van der Waals surface area contributed by atoms with Crippen molar-refractivity contribution in [1.29, 1.82) is 0 Å². The standard InChI is InChI=1S/C23H17F3N6O3/c24-23(25,26)14-7-8-19-18(12-14)27-22(31(19)13-15-4-3-11-35-15)28-20(33)9-10-32-21(34)16-5-1-2-6-17(16)29-30-32/h1-8,11-12H,9-10,13H2,(H,27,28,33). The van der Waals surface area contributed by atoms with E-state index in [1.807, 2.05) is 0 Å². The van der Waals surface area contributed by atoms with Crippen LogP contribution in [0.25, 0.3) is 21.9 Å². The van der Waals surface area contributed by atoms with Gasteiger partial charge in [0, 0.05) is 6.42 Å². The van der Waals surface area contributed by atoms with Crippen molar-refractivity contribution >= 4 is 33.8 Å². The lowest BCUT2D eigenvalue weighted by atomic mass is 10.2. The van der Waals surface area contributed by atoms with Gasteiger partial charge in [-0.15, -0.1) is 5.10 Å². The van der Waals surface area contributed by atoms with Gasteiger partial charge in [0.05, 0.1) is 41.3 Å². The van der Waals surface area contributed by atoms with Crippen molar-refractivity contribution in [2.75, 3.05) is 5.32 Å². The summed E-state index contributed by atoms with van der Waals surface area (Å²) < 4.78 is 47.5. The summed E-state index contributed by atoms with van der Waals surface area (Å²) in [4.78, 5) is 29.5. The van der Waals surface area contributed by atoms with E-state index in [-0.39, 0.29) is 36.5 Å². The smallest absolute Gasteiger partial charge is 0.416 e. The van der Waals surface area contributed by atoms with E-state index in [2.05, 4.69) is 20.6 Å².